The number of thioether (sulfide) groups is 1. The van der Waals surface area contributed by atoms with Crippen LogP contribution in [0.3, 0.4) is 0 Å². The summed E-state index contributed by atoms with van der Waals surface area (Å²) in [4.78, 5) is 0. The Morgan fingerprint density at radius 3 is 2.68 bits per heavy atom. The summed E-state index contributed by atoms with van der Waals surface area (Å²) in [6.07, 6.45) is 1.54. The van der Waals surface area contributed by atoms with E-state index in [1.807, 2.05) is 48.5 Å². The van der Waals surface area contributed by atoms with Crippen molar-refractivity contribution >= 4 is 23.4 Å². The SMILES string of the molecule is CCC(Sc1nnc(Cc2cccc(OC)c2)o1)c1ccc(Cl)cc1. The Hall–Kier alpha value is -1.98. The van der Waals surface area contributed by atoms with Gasteiger partial charge in [0.1, 0.15) is 5.75 Å². The van der Waals surface area contributed by atoms with E-state index >= 15 is 0 Å². The van der Waals surface area contributed by atoms with Crippen LogP contribution in [0.15, 0.2) is 58.2 Å². The summed E-state index contributed by atoms with van der Waals surface area (Å²) in [5.41, 5.74) is 2.27. The van der Waals surface area contributed by atoms with Crippen LogP contribution in [0, 0.1) is 0 Å². The molecule has 3 rings (SSSR count). The van der Waals surface area contributed by atoms with Crippen molar-refractivity contribution in [2.75, 3.05) is 7.11 Å². The minimum absolute atomic E-state index is 0.252. The monoisotopic (exact) mass is 374 g/mol. The molecule has 0 aliphatic heterocycles. The van der Waals surface area contributed by atoms with Gasteiger partial charge in [-0.15, -0.1) is 10.2 Å². The summed E-state index contributed by atoms with van der Waals surface area (Å²) in [6, 6.07) is 15.7. The first-order chi connectivity index (χ1) is 12.2. The molecule has 0 bridgehead atoms. The van der Waals surface area contributed by atoms with Gasteiger partial charge in [-0.1, -0.05) is 54.6 Å². The molecule has 6 heteroatoms. The summed E-state index contributed by atoms with van der Waals surface area (Å²) >= 11 is 7.54. The third-order valence-electron chi connectivity index (χ3n) is 3.79. The number of methoxy groups -OCH3 is 1. The molecule has 1 atom stereocenters. The second-order valence-corrected chi connectivity index (χ2v) is 7.15. The van der Waals surface area contributed by atoms with E-state index in [2.05, 4.69) is 17.1 Å². The van der Waals surface area contributed by atoms with Gasteiger partial charge in [-0.25, -0.2) is 0 Å². The van der Waals surface area contributed by atoms with Gasteiger partial charge in [0.25, 0.3) is 5.22 Å². The number of ether oxygens (including phenoxy) is 1. The number of halogens is 1. The predicted octanol–water partition coefficient (Wildman–Crippen LogP) is 5.57. The maximum absolute atomic E-state index is 5.97. The summed E-state index contributed by atoms with van der Waals surface area (Å²) in [5.74, 6) is 1.42. The first-order valence-electron chi connectivity index (χ1n) is 8.05. The maximum atomic E-state index is 5.97. The minimum Gasteiger partial charge on any atom is -0.497 e. The molecule has 130 valence electrons. The highest BCUT2D eigenvalue weighted by molar-refractivity contribution is 7.99. The van der Waals surface area contributed by atoms with Crippen molar-refractivity contribution in [3.63, 3.8) is 0 Å². The Balaban J connectivity index is 1.68. The smallest absolute Gasteiger partial charge is 0.277 e. The van der Waals surface area contributed by atoms with Gasteiger partial charge in [-0.05, 0) is 41.8 Å². The van der Waals surface area contributed by atoms with Gasteiger partial charge in [-0.2, -0.15) is 0 Å². The first kappa shape index (κ1) is 17.8. The Morgan fingerprint density at radius 1 is 1.16 bits per heavy atom. The molecule has 0 N–H and O–H groups in total. The number of rotatable bonds is 7. The third-order valence-corrected chi connectivity index (χ3v) is 5.30. The molecule has 0 aliphatic carbocycles. The van der Waals surface area contributed by atoms with Crippen molar-refractivity contribution in [2.45, 2.75) is 30.2 Å². The van der Waals surface area contributed by atoms with Crippen LogP contribution in [-0.2, 0) is 6.42 Å². The number of benzene rings is 2. The zero-order valence-corrected chi connectivity index (χ0v) is 15.7. The molecule has 0 aliphatic rings. The highest BCUT2D eigenvalue weighted by Gasteiger charge is 2.16. The molecule has 0 saturated heterocycles. The van der Waals surface area contributed by atoms with Crippen LogP contribution in [0.2, 0.25) is 5.02 Å². The van der Waals surface area contributed by atoms with Gasteiger partial charge >= 0.3 is 0 Å². The van der Waals surface area contributed by atoms with Gasteiger partial charge in [0, 0.05) is 10.3 Å². The average Bonchev–Trinajstić information content (AvgIpc) is 3.07. The summed E-state index contributed by atoms with van der Waals surface area (Å²) in [6.45, 7) is 2.14. The molecule has 1 unspecified atom stereocenters. The Kier molecular flexibility index (Phi) is 6.00. The molecule has 0 spiro atoms. The number of nitrogens with zero attached hydrogens (tertiary/aromatic N) is 2. The van der Waals surface area contributed by atoms with Crippen LogP contribution in [0.1, 0.15) is 35.6 Å². The zero-order chi connectivity index (χ0) is 17.6. The number of hydrogen-bond donors (Lipinski definition) is 0. The quantitative estimate of drug-likeness (QED) is 0.506. The lowest BCUT2D eigenvalue weighted by atomic mass is 10.1. The van der Waals surface area contributed by atoms with E-state index in [0.717, 1.165) is 22.8 Å². The van der Waals surface area contributed by atoms with Crippen LogP contribution >= 0.6 is 23.4 Å². The van der Waals surface area contributed by atoms with E-state index in [1.54, 1.807) is 18.9 Å². The molecule has 0 amide bonds. The van der Waals surface area contributed by atoms with Crippen LogP contribution in [0.5, 0.6) is 5.75 Å². The topological polar surface area (TPSA) is 48.2 Å². The van der Waals surface area contributed by atoms with E-state index in [9.17, 15) is 0 Å². The summed E-state index contributed by atoms with van der Waals surface area (Å²) in [5, 5.41) is 9.91. The van der Waals surface area contributed by atoms with Crippen molar-refractivity contribution in [1.82, 2.24) is 10.2 Å². The lowest BCUT2D eigenvalue weighted by molar-refractivity contribution is 0.411. The van der Waals surface area contributed by atoms with Crippen molar-refractivity contribution in [3.05, 3.63) is 70.6 Å². The van der Waals surface area contributed by atoms with Gasteiger partial charge in [0.05, 0.1) is 13.5 Å². The van der Waals surface area contributed by atoms with E-state index in [-0.39, 0.29) is 5.25 Å². The van der Waals surface area contributed by atoms with Crippen molar-refractivity contribution in [2.24, 2.45) is 0 Å². The van der Waals surface area contributed by atoms with Gasteiger partial charge < -0.3 is 9.15 Å². The molecule has 2 aromatic carbocycles. The van der Waals surface area contributed by atoms with E-state index in [0.29, 0.717) is 17.5 Å². The average molecular weight is 375 g/mol. The number of aromatic nitrogens is 2. The van der Waals surface area contributed by atoms with Crippen LogP contribution in [0.4, 0.5) is 0 Å². The second-order valence-electron chi connectivity index (χ2n) is 5.56. The zero-order valence-electron chi connectivity index (χ0n) is 14.1. The molecule has 25 heavy (non-hydrogen) atoms. The molecular formula is C19H19ClN2O2S. The molecule has 3 aromatic rings. The van der Waals surface area contributed by atoms with E-state index in [1.165, 1.54) is 5.56 Å². The number of hydrogen-bond acceptors (Lipinski definition) is 5. The Labute approximate surface area is 156 Å². The minimum atomic E-state index is 0.252. The normalized spacial score (nSPS) is 12.1. The van der Waals surface area contributed by atoms with Crippen LogP contribution in [-0.4, -0.2) is 17.3 Å². The fourth-order valence-electron chi connectivity index (χ4n) is 2.50. The van der Waals surface area contributed by atoms with Crippen molar-refractivity contribution in [1.29, 1.82) is 0 Å². The lowest BCUT2D eigenvalue weighted by Gasteiger charge is -2.12. The summed E-state index contributed by atoms with van der Waals surface area (Å²) < 4.78 is 11.1. The predicted molar refractivity (Wildman–Crippen MR) is 100 cm³/mol. The molecule has 0 radical (unpaired) electrons. The fraction of sp³-hybridized carbons (Fsp3) is 0.263. The van der Waals surface area contributed by atoms with Gasteiger partial charge in [0.15, 0.2) is 0 Å². The van der Waals surface area contributed by atoms with Gasteiger partial charge in [-0.3, -0.25) is 0 Å². The molecule has 1 aromatic heterocycles. The molecule has 4 nitrogen and oxygen atoms in total. The van der Waals surface area contributed by atoms with E-state index < -0.39 is 0 Å². The molecule has 0 fully saturated rings. The van der Waals surface area contributed by atoms with Crippen molar-refractivity contribution in [3.8, 4) is 5.75 Å². The molecule has 1 heterocycles. The van der Waals surface area contributed by atoms with Crippen LogP contribution < -0.4 is 4.74 Å². The van der Waals surface area contributed by atoms with E-state index in [4.69, 9.17) is 20.8 Å². The fourth-order valence-corrected chi connectivity index (χ4v) is 3.56. The second kappa shape index (κ2) is 8.41. The Morgan fingerprint density at radius 2 is 1.96 bits per heavy atom. The molecule has 0 saturated carbocycles. The molecular weight excluding hydrogens is 356 g/mol. The van der Waals surface area contributed by atoms with Gasteiger partial charge in [0.2, 0.25) is 5.89 Å². The highest BCUT2D eigenvalue weighted by Crippen LogP contribution is 2.37. The van der Waals surface area contributed by atoms with Crippen molar-refractivity contribution < 1.29 is 9.15 Å². The largest absolute Gasteiger partial charge is 0.497 e. The lowest BCUT2D eigenvalue weighted by Crippen LogP contribution is -1.92. The standard InChI is InChI=1S/C19H19ClN2O2S/c1-3-17(14-7-9-15(20)10-8-14)25-19-22-21-18(24-19)12-13-5-4-6-16(11-13)23-2/h4-11,17H,3,12H2,1-2H3. The Bertz CT molecular complexity index is 820. The maximum Gasteiger partial charge on any atom is 0.277 e. The summed E-state index contributed by atoms with van der Waals surface area (Å²) in [7, 11) is 1.65. The highest BCUT2D eigenvalue weighted by atomic mass is 35.5. The third kappa shape index (κ3) is 4.77. The first-order valence-corrected chi connectivity index (χ1v) is 9.31. The van der Waals surface area contributed by atoms with Crippen LogP contribution in [0.25, 0.3) is 0 Å².